The van der Waals surface area contributed by atoms with Gasteiger partial charge in [0.25, 0.3) is 5.91 Å². The molecule has 2 amide bonds. The largest absolute Gasteiger partial charge is 0.496 e. The maximum atomic E-state index is 12.8. The van der Waals surface area contributed by atoms with Gasteiger partial charge in [-0.1, -0.05) is 42.5 Å². The molecule has 1 saturated carbocycles. The number of methoxy groups -OCH3 is 2. The molecule has 0 bridgehead atoms. The first-order valence-corrected chi connectivity index (χ1v) is 9.89. The number of hydrogen-bond donors (Lipinski definition) is 2. The third kappa shape index (κ3) is 4.88. The molecule has 6 nitrogen and oxygen atoms in total. The molecule has 3 rings (SSSR count). The second kappa shape index (κ2) is 9.45. The predicted molar refractivity (Wildman–Crippen MR) is 111 cm³/mol. The van der Waals surface area contributed by atoms with E-state index in [9.17, 15) is 9.59 Å². The van der Waals surface area contributed by atoms with Gasteiger partial charge >= 0.3 is 6.09 Å². The number of benzene rings is 2. The summed E-state index contributed by atoms with van der Waals surface area (Å²) in [6, 6.07) is 17.6. The lowest BCUT2D eigenvalue weighted by Crippen LogP contribution is -2.47. The maximum Gasteiger partial charge on any atom is 0.407 e. The normalized spacial score (nSPS) is 21.1. The Kier molecular flexibility index (Phi) is 6.75. The van der Waals surface area contributed by atoms with Crippen molar-refractivity contribution < 1.29 is 19.1 Å². The number of carbonyl (C=O) groups is 2. The fourth-order valence-electron chi connectivity index (χ4n) is 4.08. The van der Waals surface area contributed by atoms with Gasteiger partial charge in [-0.3, -0.25) is 4.79 Å². The van der Waals surface area contributed by atoms with Gasteiger partial charge in [-0.25, -0.2) is 4.79 Å². The highest BCUT2D eigenvalue weighted by Gasteiger charge is 2.37. The van der Waals surface area contributed by atoms with Crippen LogP contribution in [0.15, 0.2) is 54.6 Å². The van der Waals surface area contributed by atoms with Crippen molar-refractivity contribution >= 4 is 12.0 Å². The van der Waals surface area contributed by atoms with Crippen molar-refractivity contribution in [2.24, 2.45) is 0 Å². The Bertz CT molecular complexity index is 830. The highest BCUT2D eigenvalue weighted by molar-refractivity contribution is 5.96. The molecule has 0 aromatic heterocycles. The molecule has 0 radical (unpaired) electrons. The van der Waals surface area contributed by atoms with Crippen LogP contribution in [0.25, 0.3) is 0 Å². The van der Waals surface area contributed by atoms with E-state index in [2.05, 4.69) is 22.8 Å². The van der Waals surface area contributed by atoms with Crippen LogP contribution in [-0.2, 0) is 10.2 Å². The third-order valence-corrected chi connectivity index (χ3v) is 5.78. The van der Waals surface area contributed by atoms with Crippen LogP contribution in [0.3, 0.4) is 0 Å². The Labute approximate surface area is 171 Å². The minimum atomic E-state index is -0.397. The standard InChI is InChI=1S/C23H28N2O4/c1-28-20-11-7-6-10-19(20)21(26)24-16-23(17-8-4-3-5-9-17)14-12-18(13-15-23)25-22(27)29-2/h3-11,18H,12-16H2,1-2H3,(H,24,26)(H,25,27)/t18-,23+. The van der Waals surface area contributed by atoms with E-state index in [4.69, 9.17) is 9.47 Å². The second-order valence-corrected chi connectivity index (χ2v) is 7.44. The van der Waals surface area contributed by atoms with Crippen molar-refractivity contribution in [1.29, 1.82) is 0 Å². The highest BCUT2D eigenvalue weighted by Crippen LogP contribution is 2.39. The molecule has 6 heteroatoms. The summed E-state index contributed by atoms with van der Waals surface area (Å²) < 4.78 is 10.0. The molecule has 154 valence electrons. The SMILES string of the molecule is COC(=O)N[C@H]1CC[C@@](CNC(=O)c2ccccc2OC)(c2ccccc2)CC1. The van der Waals surface area contributed by atoms with Crippen molar-refractivity contribution in [2.45, 2.75) is 37.1 Å². The molecule has 0 unspecified atom stereocenters. The number of amides is 2. The summed E-state index contributed by atoms with van der Waals surface area (Å²) in [5.41, 5.74) is 1.56. The van der Waals surface area contributed by atoms with Gasteiger partial charge in [0.05, 0.1) is 19.8 Å². The van der Waals surface area contributed by atoms with Crippen molar-refractivity contribution in [3.63, 3.8) is 0 Å². The van der Waals surface area contributed by atoms with Gasteiger partial charge < -0.3 is 20.1 Å². The zero-order chi connectivity index (χ0) is 20.7. The van der Waals surface area contributed by atoms with Crippen LogP contribution >= 0.6 is 0 Å². The molecule has 1 aliphatic rings. The van der Waals surface area contributed by atoms with E-state index in [1.54, 1.807) is 19.2 Å². The van der Waals surface area contributed by atoms with Gasteiger partial charge in [0, 0.05) is 18.0 Å². The number of para-hydroxylation sites is 1. The average Bonchev–Trinajstić information content (AvgIpc) is 2.79. The Morgan fingerprint density at radius 3 is 2.31 bits per heavy atom. The van der Waals surface area contributed by atoms with Gasteiger partial charge in [-0.2, -0.15) is 0 Å². The molecule has 29 heavy (non-hydrogen) atoms. The molecule has 2 N–H and O–H groups in total. The smallest absolute Gasteiger partial charge is 0.407 e. The highest BCUT2D eigenvalue weighted by atomic mass is 16.5. The average molecular weight is 396 g/mol. The molecule has 0 heterocycles. The van der Waals surface area contributed by atoms with Crippen molar-refractivity contribution in [3.8, 4) is 5.75 Å². The molecule has 1 aliphatic carbocycles. The Balaban J connectivity index is 1.74. The summed E-state index contributed by atoms with van der Waals surface area (Å²) in [6.07, 6.45) is 2.98. The van der Waals surface area contributed by atoms with E-state index >= 15 is 0 Å². The first-order chi connectivity index (χ1) is 14.1. The van der Waals surface area contributed by atoms with Gasteiger partial charge in [-0.05, 0) is 43.4 Å². The summed E-state index contributed by atoms with van der Waals surface area (Å²) in [5, 5.41) is 6.02. The lowest BCUT2D eigenvalue weighted by atomic mass is 9.68. The Morgan fingerprint density at radius 2 is 1.66 bits per heavy atom. The van der Waals surface area contributed by atoms with E-state index in [0.29, 0.717) is 17.9 Å². The first-order valence-electron chi connectivity index (χ1n) is 9.89. The van der Waals surface area contributed by atoms with E-state index in [1.165, 1.54) is 12.7 Å². The summed E-state index contributed by atoms with van der Waals surface area (Å²) in [6.45, 7) is 0.527. The van der Waals surface area contributed by atoms with Gasteiger partial charge in [0.1, 0.15) is 5.75 Å². The maximum absolute atomic E-state index is 12.8. The third-order valence-electron chi connectivity index (χ3n) is 5.78. The minimum Gasteiger partial charge on any atom is -0.496 e. The predicted octanol–water partition coefficient (Wildman–Crippen LogP) is 3.66. The number of ether oxygens (including phenoxy) is 2. The summed E-state index contributed by atoms with van der Waals surface area (Å²) >= 11 is 0. The summed E-state index contributed by atoms with van der Waals surface area (Å²) in [5.74, 6) is 0.414. The summed E-state index contributed by atoms with van der Waals surface area (Å²) in [4.78, 5) is 24.4. The molecule has 1 fully saturated rings. The number of alkyl carbamates (subject to hydrolysis) is 1. The lowest BCUT2D eigenvalue weighted by molar-refractivity contribution is 0.0931. The molecular formula is C23H28N2O4. The Hall–Kier alpha value is -3.02. The monoisotopic (exact) mass is 396 g/mol. The van der Waals surface area contributed by atoms with Crippen molar-refractivity contribution in [1.82, 2.24) is 10.6 Å². The number of nitrogens with one attached hydrogen (secondary N) is 2. The van der Waals surface area contributed by atoms with Crippen LogP contribution in [0.4, 0.5) is 4.79 Å². The fourth-order valence-corrected chi connectivity index (χ4v) is 4.08. The lowest BCUT2D eigenvalue weighted by Gasteiger charge is -2.41. The quantitative estimate of drug-likeness (QED) is 0.781. The molecule has 0 atom stereocenters. The zero-order valence-corrected chi connectivity index (χ0v) is 16.9. The molecule has 0 saturated heterocycles. The van der Waals surface area contributed by atoms with Gasteiger partial charge in [0.15, 0.2) is 0 Å². The van der Waals surface area contributed by atoms with Crippen molar-refractivity contribution in [3.05, 3.63) is 65.7 Å². The molecule has 2 aromatic rings. The number of carbonyl (C=O) groups excluding carboxylic acids is 2. The molecular weight excluding hydrogens is 368 g/mol. The van der Waals surface area contributed by atoms with Crippen LogP contribution in [0.5, 0.6) is 5.75 Å². The fraction of sp³-hybridized carbons (Fsp3) is 0.391. The summed E-state index contributed by atoms with van der Waals surface area (Å²) in [7, 11) is 2.94. The van der Waals surface area contributed by atoms with Crippen LogP contribution in [-0.4, -0.2) is 38.8 Å². The van der Waals surface area contributed by atoms with Gasteiger partial charge in [0.2, 0.25) is 0 Å². The van der Waals surface area contributed by atoms with Crippen LogP contribution in [0.1, 0.15) is 41.6 Å². The van der Waals surface area contributed by atoms with E-state index < -0.39 is 6.09 Å². The van der Waals surface area contributed by atoms with Gasteiger partial charge in [-0.15, -0.1) is 0 Å². The van der Waals surface area contributed by atoms with E-state index in [-0.39, 0.29) is 17.4 Å². The second-order valence-electron chi connectivity index (χ2n) is 7.44. The number of rotatable bonds is 6. The molecule has 2 aromatic carbocycles. The van der Waals surface area contributed by atoms with E-state index in [1.807, 2.05) is 30.3 Å². The zero-order valence-electron chi connectivity index (χ0n) is 16.9. The molecule has 0 aliphatic heterocycles. The number of hydrogen-bond acceptors (Lipinski definition) is 4. The molecule has 0 spiro atoms. The van der Waals surface area contributed by atoms with Crippen LogP contribution in [0, 0.1) is 0 Å². The topological polar surface area (TPSA) is 76.7 Å². The van der Waals surface area contributed by atoms with E-state index in [0.717, 1.165) is 25.7 Å². The van der Waals surface area contributed by atoms with Crippen LogP contribution in [0.2, 0.25) is 0 Å². The van der Waals surface area contributed by atoms with Crippen LogP contribution < -0.4 is 15.4 Å². The van der Waals surface area contributed by atoms with Crippen molar-refractivity contribution in [2.75, 3.05) is 20.8 Å². The Morgan fingerprint density at radius 1 is 1.00 bits per heavy atom. The minimum absolute atomic E-state index is 0.0872. The first kappa shape index (κ1) is 20.7.